The maximum absolute atomic E-state index is 13.2. The van der Waals surface area contributed by atoms with Gasteiger partial charge in [0.05, 0.1) is 32.0 Å². The summed E-state index contributed by atoms with van der Waals surface area (Å²) in [5, 5.41) is 87.0. The summed E-state index contributed by atoms with van der Waals surface area (Å²) in [5.74, 6) is -0.207. The van der Waals surface area contributed by atoms with Gasteiger partial charge < -0.3 is 65.1 Å². The number of aliphatic hydroxyl groups excluding tert-OH is 8. The zero-order valence-electron chi connectivity index (χ0n) is 44.7. The van der Waals surface area contributed by atoms with Crippen molar-refractivity contribution in [3.63, 3.8) is 0 Å². The van der Waals surface area contributed by atoms with Gasteiger partial charge in [0.25, 0.3) is 0 Å². The fraction of sp³-hybridized carbons (Fsp3) is 0.912. The molecule has 2 aliphatic rings. The van der Waals surface area contributed by atoms with Gasteiger partial charge in [0.15, 0.2) is 12.6 Å². The molecule has 14 nitrogen and oxygen atoms in total. The first-order chi connectivity index (χ1) is 34.6. The molecule has 418 valence electrons. The van der Waals surface area contributed by atoms with E-state index in [1.165, 1.54) is 154 Å². The lowest BCUT2D eigenvalue weighted by molar-refractivity contribution is -0.359. The van der Waals surface area contributed by atoms with Gasteiger partial charge in [-0.2, -0.15) is 0 Å². The first-order valence-electron chi connectivity index (χ1n) is 29.1. The summed E-state index contributed by atoms with van der Waals surface area (Å²) in [4.78, 5) is 13.2. The Labute approximate surface area is 430 Å². The van der Waals surface area contributed by atoms with Crippen LogP contribution in [0.5, 0.6) is 0 Å². The molecule has 2 saturated heterocycles. The van der Waals surface area contributed by atoms with E-state index in [4.69, 9.17) is 18.9 Å². The monoisotopic (exact) mass is 1010 g/mol. The lowest BCUT2D eigenvalue weighted by atomic mass is 9.97. The Kier molecular flexibility index (Phi) is 40.4. The normalized spacial score (nSPS) is 25.9. The van der Waals surface area contributed by atoms with Gasteiger partial charge in [0.1, 0.15) is 48.8 Å². The average molecular weight is 1010 g/mol. The third-order valence-electron chi connectivity index (χ3n) is 14.4. The Hall–Kier alpha value is -1.53. The van der Waals surface area contributed by atoms with Crippen LogP contribution in [-0.2, 0) is 23.7 Å². The first-order valence-corrected chi connectivity index (χ1v) is 29.1. The standard InChI is InChI=1S/C57H107NO13/c1-3-5-7-9-11-13-15-16-17-18-19-20-21-22-23-24-25-26-27-28-29-30-31-33-35-37-39-41-49(62)58-45(46(61)40-38-36-34-32-14-12-10-8-6-4-2)44-68-56-54(67)52(65)55(48(43-60)70-56)71-57-53(66)51(64)50(63)47(42-59)69-57/h15-16,18-19,45-48,50-57,59-61,63-67H,3-14,17,20-44H2,1-2H3,(H,58,62)/b16-15-,19-18-. The number of hydrogen-bond donors (Lipinski definition) is 9. The van der Waals surface area contributed by atoms with Gasteiger partial charge in [-0.25, -0.2) is 0 Å². The van der Waals surface area contributed by atoms with Crippen molar-refractivity contribution in [1.29, 1.82) is 0 Å². The van der Waals surface area contributed by atoms with Crippen LogP contribution in [0, 0.1) is 0 Å². The highest BCUT2D eigenvalue weighted by atomic mass is 16.7. The number of amides is 1. The number of unbranched alkanes of at least 4 members (excludes halogenated alkanes) is 29. The second-order valence-corrected chi connectivity index (χ2v) is 20.8. The van der Waals surface area contributed by atoms with Gasteiger partial charge in [-0.3, -0.25) is 4.79 Å². The van der Waals surface area contributed by atoms with Crippen molar-refractivity contribution in [3.8, 4) is 0 Å². The van der Waals surface area contributed by atoms with Crippen molar-refractivity contribution in [2.24, 2.45) is 0 Å². The molecule has 0 bridgehead atoms. The highest BCUT2D eigenvalue weighted by Gasteiger charge is 2.51. The third kappa shape index (κ3) is 30.0. The number of ether oxygens (including phenoxy) is 4. The second kappa shape index (κ2) is 43.7. The van der Waals surface area contributed by atoms with E-state index in [1.807, 2.05) is 0 Å². The molecule has 0 radical (unpaired) electrons. The zero-order chi connectivity index (χ0) is 51.7. The lowest BCUT2D eigenvalue weighted by Gasteiger charge is -2.46. The summed E-state index contributed by atoms with van der Waals surface area (Å²) in [6.45, 7) is 2.84. The van der Waals surface area contributed by atoms with Crippen molar-refractivity contribution in [3.05, 3.63) is 24.3 Å². The molecule has 71 heavy (non-hydrogen) atoms. The first kappa shape index (κ1) is 65.6. The largest absolute Gasteiger partial charge is 0.394 e. The van der Waals surface area contributed by atoms with Gasteiger partial charge in [0.2, 0.25) is 5.91 Å². The van der Waals surface area contributed by atoms with E-state index in [0.29, 0.717) is 12.8 Å². The van der Waals surface area contributed by atoms with E-state index in [9.17, 15) is 45.6 Å². The topological polar surface area (TPSA) is 228 Å². The molecule has 2 heterocycles. The van der Waals surface area contributed by atoms with Gasteiger partial charge >= 0.3 is 0 Å². The SMILES string of the molecule is CCCCCCC/C=C\C/C=C\CCCCCCCCCCCCCCCCCC(=O)NC(COC1OC(CO)C(OC2OC(CO)C(O)C(O)C2O)C(O)C1O)C(O)CCCCCCCCCCCC. The van der Waals surface area contributed by atoms with E-state index in [0.717, 1.165) is 57.8 Å². The predicted molar refractivity (Wildman–Crippen MR) is 282 cm³/mol. The van der Waals surface area contributed by atoms with Crippen molar-refractivity contribution in [1.82, 2.24) is 5.32 Å². The molecule has 12 unspecified atom stereocenters. The number of nitrogens with one attached hydrogen (secondary N) is 1. The van der Waals surface area contributed by atoms with Crippen LogP contribution in [0.15, 0.2) is 24.3 Å². The smallest absolute Gasteiger partial charge is 0.220 e. The maximum Gasteiger partial charge on any atom is 0.220 e. The fourth-order valence-corrected chi connectivity index (χ4v) is 9.68. The van der Waals surface area contributed by atoms with Crippen LogP contribution in [0.2, 0.25) is 0 Å². The van der Waals surface area contributed by atoms with Crippen LogP contribution in [0.3, 0.4) is 0 Å². The van der Waals surface area contributed by atoms with Crippen LogP contribution in [-0.4, -0.2) is 140 Å². The summed E-state index contributed by atoms with van der Waals surface area (Å²) in [7, 11) is 0. The number of rotatable bonds is 46. The minimum atomic E-state index is -1.78. The molecular formula is C57H107NO13. The summed E-state index contributed by atoms with van der Waals surface area (Å²) in [5.41, 5.74) is 0. The molecule has 2 aliphatic heterocycles. The molecule has 2 rings (SSSR count). The molecule has 14 heteroatoms. The van der Waals surface area contributed by atoms with Crippen LogP contribution in [0.1, 0.15) is 239 Å². The van der Waals surface area contributed by atoms with E-state index in [2.05, 4.69) is 43.5 Å². The van der Waals surface area contributed by atoms with Gasteiger partial charge in [-0.1, -0.05) is 212 Å². The molecule has 1 amide bonds. The number of carbonyl (C=O) groups excluding carboxylic acids is 1. The predicted octanol–water partition coefficient (Wildman–Crippen LogP) is 9.28. The van der Waals surface area contributed by atoms with Crippen LogP contribution >= 0.6 is 0 Å². The van der Waals surface area contributed by atoms with Crippen molar-refractivity contribution in [2.45, 2.75) is 312 Å². The highest BCUT2D eigenvalue weighted by molar-refractivity contribution is 5.76. The molecule has 2 fully saturated rings. The van der Waals surface area contributed by atoms with E-state index in [-0.39, 0.29) is 12.5 Å². The lowest BCUT2D eigenvalue weighted by Crippen LogP contribution is -2.65. The Morgan fingerprint density at radius 2 is 0.930 bits per heavy atom. The molecule has 0 aromatic carbocycles. The van der Waals surface area contributed by atoms with Gasteiger partial charge in [-0.15, -0.1) is 0 Å². The number of allylic oxidation sites excluding steroid dienone is 4. The Morgan fingerprint density at radius 3 is 1.41 bits per heavy atom. The summed E-state index contributed by atoms with van der Waals surface area (Å²) >= 11 is 0. The maximum atomic E-state index is 13.2. The van der Waals surface area contributed by atoms with E-state index in [1.54, 1.807) is 0 Å². The van der Waals surface area contributed by atoms with Crippen LogP contribution in [0.25, 0.3) is 0 Å². The minimum Gasteiger partial charge on any atom is -0.394 e. The summed E-state index contributed by atoms with van der Waals surface area (Å²) in [6.07, 6.45) is 33.4. The molecule has 0 aromatic rings. The van der Waals surface area contributed by atoms with Crippen molar-refractivity contribution in [2.75, 3.05) is 19.8 Å². The fourth-order valence-electron chi connectivity index (χ4n) is 9.68. The highest BCUT2D eigenvalue weighted by Crippen LogP contribution is 2.30. The molecule has 0 saturated carbocycles. The molecule has 0 aromatic heterocycles. The molecule has 9 N–H and O–H groups in total. The Balaban J connectivity index is 1.67. The Morgan fingerprint density at radius 1 is 0.507 bits per heavy atom. The number of carbonyl (C=O) groups is 1. The Bertz CT molecular complexity index is 1290. The van der Waals surface area contributed by atoms with Crippen LogP contribution in [0.4, 0.5) is 0 Å². The van der Waals surface area contributed by atoms with Gasteiger partial charge in [0, 0.05) is 6.42 Å². The molecular weight excluding hydrogens is 907 g/mol. The van der Waals surface area contributed by atoms with Crippen molar-refractivity contribution < 1.29 is 64.6 Å². The molecule has 12 atom stereocenters. The average Bonchev–Trinajstić information content (AvgIpc) is 3.37. The van der Waals surface area contributed by atoms with Crippen molar-refractivity contribution >= 4 is 5.91 Å². The third-order valence-corrected chi connectivity index (χ3v) is 14.4. The quantitative estimate of drug-likeness (QED) is 0.0205. The summed E-state index contributed by atoms with van der Waals surface area (Å²) in [6, 6.07) is -0.825. The van der Waals surface area contributed by atoms with Crippen LogP contribution < -0.4 is 5.32 Å². The van der Waals surface area contributed by atoms with E-state index < -0.39 is 86.8 Å². The summed E-state index contributed by atoms with van der Waals surface area (Å²) < 4.78 is 22.8. The molecule has 0 spiro atoms. The number of hydrogen-bond acceptors (Lipinski definition) is 13. The minimum absolute atomic E-state index is 0.207. The van der Waals surface area contributed by atoms with E-state index >= 15 is 0 Å². The second-order valence-electron chi connectivity index (χ2n) is 20.8. The number of aliphatic hydroxyl groups is 8. The molecule has 0 aliphatic carbocycles. The zero-order valence-corrected chi connectivity index (χ0v) is 44.7. The van der Waals surface area contributed by atoms with Gasteiger partial charge in [-0.05, 0) is 44.9 Å².